The lowest BCUT2D eigenvalue weighted by Crippen LogP contribution is -2.42. The summed E-state index contributed by atoms with van der Waals surface area (Å²) in [6, 6.07) is 8.02. The third-order valence-corrected chi connectivity index (χ3v) is 5.19. The minimum Gasteiger partial charge on any atom is -0.301 e. The number of nitrogens with zero attached hydrogens (tertiary/aromatic N) is 2. The van der Waals surface area contributed by atoms with Crippen molar-refractivity contribution in [3.8, 4) is 11.3 Å². The zero-order valence-corrected chi connectivity index (χ0v) is 14.7. The van der Waals surface area contributed by atoms with Crippen LogP contribution < -0.4 is 5.32 Å². The van der Waals surface area contributed by atoms with Crippen molar-refractivity contribution in [1.29, 1.82) is 0 Å². The normalized spacial score (nSPS) is 18.8. The zero-order valence-electron chi connectivity index (χ0n) is 13.1. The maximum Gasteiger partial charge on any atom is 0.240 e. The largest absolute Gasteiger partial charge is 0.301 e. The molecule has 2 heterocycles. The van der Waals surface area contributed by atoms with Crippen LogP contribution in [0.15, 0.2) is 29.6 Å². The molecule has 1 atom stereocenters. The second-order valence-electron chi connectivity index (χ2n) is 5.91. The van der Waals surface area contributed by atoms with Gasteiger partial charge in [0.15, 0.2) is 5.13 Å². The molecule has 0 unspecified atom stereocenters. The summed E-state index contributed by atoms with van der Waals surface area (Å²) in [6.07, 6.45) is 3.61. The smallest absolute Gasteiger partial charge is 0.240 e. The molecule has 1 aromatic heterocycles. The van der Waals surface area contributed by atoms with Crippen LogP contribution in [0.5, 0.6) is 0 Å². The van der Waals surface area contributed by atoms with Gasteiger partial charge in [-0.2, -0.15) is 0 Å². The van der Waals surface area contributed by atoms with Gasteiger partial charge >= 0.3 is 0 Å². The highest BCUT2D eigenvalue weighted by atomic mass is 35.5. The summed E-state index contributed by atoms with van der Waals surface area (Å²) in [5, 5.41) is 6.20. The van der Waals surface area contributed by atoms with Crippen molar-refractivity contribution >= 4 is 34.0 Å². The quantitative estimate of drug-likeness (QED) is 0.896. The number of hydrogen-bond donors (Lipinski definition) is 1. The molecular weight excluding hydrogens is 330 g/mol. The van der Waals surface area contributed by atoms with E-state index in [-0.39, 0.29) is 5.91 Å². The number of thiazole rings is 1. The third-order valence-electron chi connectivity index (χ3n) is 4.18. The molecule has 1 aliphatic heterocycles. The number of rotatable bonds is 4. The van der Waals surface area contributed by atoms with Crippen LogP contribution >= 0.6 is 22.9 Å². The Morgan fingerprint density at radius 1 is 1.39 bits per heavy atom. The van der Waals surface area contributed by atoms with Crippen molar-refractivity contribution in [2.24, 2.45) is 0 Å². The highest BCUT2D eigenvalue weighted by Gasteiger charge is 2.20. The molecule has 23 heavy (non-hydrogen) atoms. The summed E-state index contributed by atoms with van der Waals surface area (Å²) in [4.78, 5) is 18.9. The SMILES string of the molecule is C[C@@H]1CCCCN1CC(=O)Nc1nc(-c2ccc(Cl)cc2)cs1. The number of carbonyl (C=O) groups excluding carboxylic acids is 1. The van der Waals surface area contributed by atoms with E-state index in [1.54, 1.807) is 0 Å². The van der Waals surface area contributed by atoms with Gasteiger partial charge in [-0.25, -0.2) is 4.98 Å². The second kappa shape index (κ2) is 7.43. The number of benzene rings is 1. The summed E-state index contributed by atoms with van der Waals surface area (Å²) in [5.41, 5.74) is 1.85. The van der Waals surface area contributed by atoms with Crippen LogP contribution in [0, 0.1) is 0 Å². The van der Waals surface area contributed by atoms with E-state index in [2.05, 4.69) is 22.1 Å². The molecule has 1 aliphatic rings. The van der Waals surface area contributed by atoms with Gasteiger partial charge in [-0.3, -0.25) is 9.69 Å². The maximum atomic E-state index is 12.2. The molecule has 4 nitrogen and oxygen atoms in total. The van der Waals surface area contributed by atoms with Gasteiger partial charge in [0.2, 0.25) is 5.91 Å². The Hall–Kier alpha value is -1.43. The van der Waals surface area contributed by atoms with Crippen LogP contribution in [0.2, 0.25) is 5.02 Å². The molecule has 0 bridgehead atoms. The Kier molecular flexibility index (Phi) is 5.30. The van der Waals surface area contributed by atoms with E-state index in [0.29, 0.717) is 22.7 Å². The Bertz CT molecular complexity index is 671. The number of carbonyl (C=O) groups is 1. The van der Waals surface area contributed by atoms with Gasteiger partial charge < -0.3 is 5.32 Å². The number of piperidine rings is 1. The third kappa shape index (κ3) is 4.31. The molecule has 1 fully saturated rings. The number of likely N-dealkylation sites (tertiary alicyclic amines) is 1. The van der Waals surface area contributed by atoms with Crippen molar-refractivity contribution in [2.75, 3.05) is 18.4 Å². The number of halogens is 1. The van der Waals surface area contributed by atoms with E-state index < -0.39 is 0 Å². The molecule has 1 N–H and O–H groups in total. The summed E-state index contributed by atoms with van der Waals surface area (Å²) < 4.78 is 0. The van der Waals surface area contributed by atoms with Crippen molar-refractivity contribution < 1.29 is 4.79 Å². The molecule has 1 saturated heterocycles. The Morgan fingerprint density at radius 3 is 2.91 bits per heavy atom. The zero-order chi connectivity index (χ0) is 16.2. The highest BCUT2D eigenvalue weighted by molar-refractivity contribution is 7.14. The number of anilines is 1. The average molecular weight is 350 g/mol. The number of aromatic nitrogens is 1. The number of amides is 1. The predicted molar refractivity (Wildman–Crippen MR) is 96.1 cm³/mol. The summed E-state index contributed by atoms with van der Waals surface area (Å²) >= 11 is 7.34. The van der Waals surface area contributed by atoms with E-state index in [1.807, 2.05) is 29.6 Å². The summed E-state index contributed by atoms with van der Waals surface area (Å²) in [5.74, 6) is 0.00996. The number of nitrogens with one attached hydrogen (secondary N) is 1. The molecule has 3 rings (SSSR count). The first-order valence-electron chi connectivity index (χ1n) is 7.87. The van der Waals surface area contributed by atoms with Crippen molar-refractivity contribution in [3.63, 3.8) is 0 Å². The molecule has 0 spiro atoms. The van der Waals surface area contributed by atoms with Gasteiger partial charge in [-0.05, 0) is 38.4 Å². The van der Waals surface area contributed by atoms with Gasteiger partial charge in [0.25, 0.3) is 0 Å². The first-order valence-corrected chi connectivity index (χ1v) is 9.13. The molecule has 0 aliphatic carbocycles. The highest BCUT2D eigenvalue weighted by Crippen LogP contribution is 2.26. The van der Waals surface area contributed by atoms with Gasteiger partial charge in [0.05, 0.1) is 12.2 Å². The van der Waals surface area contributed by atoms with E-state index in [4.69, 9.17) is 11.6 Å². The topological polar surface area (TPSA) is 45.2 Å². The van der Waals surface area contributed by atoms with E-state index in [1.165, 1.54) is 30.6 Å². The fourth-order valence-corrected chi connectivity index (χ4v) is 3.68. The number of hydrogen-bond acceptors (Lipinski definition) is 4. The standard InChI is InChI=1S/C17H20ClN3OS/c1-12-4-2-3-9-21(12)10-16(22)20-17-19-15(11-23-17)13-5-7-14(18)8-6-13/h5-8,11-12H,2-4,9-10H2,1H3,(H,19,20,22)/t12-/m1/s1. The Labute approximate surface area is 145 Å². The predicted octanol–water partition coefficient (Wildman–Crippen LogP) is 4.28. The lowest BCUT2D eigenvalue weighted by atomic mass is 10.0. The fourth-order valence-electron chi connectivity index (χ4n) is 2.82. The molecule has 6 heteroatoms. The molecule has 1 amide bonds. The average Bonchev–Trinajstić information content (AvgIpc) is 2.98. The van der Waals surface area contributed by atoms with Gasteiger partial charge in [-0.1, -0.05) is 30.2 Å². The van der Waals surface area contributed by atoms with Crippen LogP contribution in [-0.4, -0.2) is 34.9 Å². The second-order valence-corrected chi connectivity index (χ2v) is 7.20. The summed E-state index contributed by atoms with van der Waals surface area (Å²) in [7, 11) is 0. The van der Waals surface area contributed by atoms with Gasteiger partial charge in [0.1, 0.15) is 0 Å². The van der Waals surface area contributed by atoms with Crippen LogP contribution in [0.4, 0.5) is 5.13 Å². The van der Waals surface area contributed by atoms with E-state index >= 15 is 0 Å². The van der Waals surface area contributed by atoms with Gasteiger partial charge in [0, 0.05) is 22.0 Å². The van der Waals surface area contributed by atoms with E-state index in [9.17, 15) is 4.79 Å². The Balaban J connectivity index is 1.60. The minimum atomic E-state index is 0.00996. The molecule has 1 aromatic carbocycles. The maximum absolute atomic E-state index is 12.2. The van der Waals surface area contributed by atoms with Crippen LogP contribution in [-0.2, 0) is 4.79 Å². The summed E-state index contributed by atoms with van der Waals surface area (Å²) in [6.45, 7) is 3.63. The van der Waals surface area contributed by atoms with E-state index in [0.717, 1.165) is 17.8 Å². The van der Waals surface area contributed by atoms with Crippen LogP contribution in [0.25, 0.3) is 11.3 Å². The van der Waals surface area contributed by atoms with Crippen molar-refractivity contribution in [1.82, 2.24) is 9.88 Å². The first-order chi connectivity index (χ1) is 11.1. The monoisotopic (exact) mass is 349 g/mol. The van der Waals surface area contributed by atoms with Crippen LogP contribution in [0.3, 0.4) is 0 Å². The molecule has 0 saturated carbocycles. The first kappa shape index (κ1) is 16.4. The molecule has 2 aromatic rings. The lowest BCUT2D eigenvalue weighted by molar-refractivity contribution is -0.118. The fraction of sp³-hybridized carbons (Fsp3) is 0.412. The Morgan fingerprint density at radius 2 is 2.17 bits per heavy atom. The van der Waals surface area contributed by atoms with Gasteiger partial charge in [-0.15, -0.1) is 11.3 Å². The molecule has 122 valence electrons. The van der Waals surface area contributed by atoms with Crippen molar-refractivity contribution in [2.45, 2.75) is 32.2 Å². The molecule has 0 radical (unpaired) electrons. The lowest BCUT2D eigenvalue weighted by Gasteiger charge is -2.32. The minimum absolute atomic E-state index is 0.00996. The van der Waals surface area contributed by atoms with Crippen LogP contribution in [0.1, 0.15) is 26.2 Å². The van der Waals surface area contributed by atoms with Crippen molar-refractivity contribution in [3.05, 3.63) is 34.7 Å². The molecular formula is C17H20ClN3OS.